The van der Waals surface area contributed by atoms with Crippen LogP contribution in [0.4, 0.5) is 11.4 Å². The van der Waals surface area contributed by atoms with E-state index in [0.717, 1.165) is 12.8 Å². The molecule has 0 bridgehead atoms. The van der Waals surface area contributed by atoms with Gasteiger partial charge in [0.25, 0.3) is 5.91 Å². The van der Waals surface area contributed by atoms with Gasteiger partial charge in [-0.15, -0.1) is 0 Å². The fourth-order valence-electron chi connectivity index (χ4n) is 3.83. The third-order valence-electron chi connectivity index (χ3n) is 5.58. The van der Waals surface area contributed by atoms with Gasteiger partial charge in [0.05, 0.1) is 16.3 Å². The van der Waals surface area contributed by atoms with Gasteiger partial charge in [-0.25, -0.2) is 8.42 Å². The number of hydrogen-bond donors (Lipinski definition) is 2. The maximum absolute atomic E-state index is 12.9. The van der Waals surface area contributed by atoms with E-state index in [1.165, 1.54) is 34.4 Å². The van der Waals surface area contributed by atoms with Crippen LogP contribution in [0.15, 0.2) is 58.5 Å². The summed E-state index contributed by atoms with van der Waals surface area (Å²) in [7, 11) is -3.71. The second-order valence-electron chi connectivity index (χ2n) is 7.80. The summed E-state index contributed by atoms with van der Waals surface area (Å²) >= 11 is 0. The summed E-state index contributed by atoms with van der Waals surface area (Å²) in [4.78, 5) is 25.0. The van der Waals surface area contributed by atoms with Crippen LogP contribution in [0.1, 0.15) is 26.2 Å². The van der Waals surface area contributed by atoms with E-state index >= 15 is 0 Å². The standard InChI is InChI=1S/C22H24N4O5S/c1-15(27)20-14-19(24-26(20)16-7-3-2-4-8-16)22(29)23-18-13-17(9-10-21(18)28)32(30,31)25-11-5-6-12-25/h2-4,7-10,13,20,28H,5-6,11-12,14H2,1H3,(H,23,29). The SMILES string of the molecule is CC(=O)C1CC(C(=O)Nc2cc(S(=O)(=O)N3CCCC3)ccc2O)=NN1c1ccccc1. The van der Waals surface area contributed by atoms with Crippen molar-refractivity contribution in [3.8, 4) is 5.75 Å². The summed E-state index contributed by atoms with van der Waals surface area (Å²) < 4.78 is 27.0. The molecule has 0 aromatic heterocycles. The molecule has 168 valence electrons. The van der Waals surface area contributed by atoms with E-state index in [2.05, 4.69) is 10.4 Å². The number of nitrogens with one attached hydrogen (secondary N) is 1. The van der Waals surface area contributed by atoms with Crippen LogP contribution in [0.3, 0.4) is 0 Å². The van der Waals surface area contributed by atoms with Crippen molar-refractivity contribution in [2.24, 2.45) is 5.10 Å². The van der Waals surface area contributed by atoms with E-state index in [4.69, 9.17) is 0 Å². The number of para-hydroxylation sites is 1. The van der Waals surface area contributed by atoms with Crippen molar-refractivity contribution in [3.05, 3.63) is 48.5 Å². The molecule has 4 rings (SSSR count). The second kappa shape index (κ2) is 8.71. The van der Waals surface area contributed by atoms with Gasteiger partial charge < -0.3 is 10.4 Å². The number of carbonyl (C=O) groups is 2. The Morgan fingerprint density at radius 2 is 1.78 bits per heavy atom. The number of nitrogens with zero attached hydrogens (tertiary/aromatic N) is 3. The lowest BCUT2D eigenvalue weighted by atomic mass is 10.1. The Morgan fingerprint density at radius 3 is 2.44 bits per heavy atom. The monoisotopic (exact) mass is 456 g/mol. The topological polar surface area (TPSA) is 119 Å². The zero-order valence-electron chi connectivity index (χ0n) is 17.6. The Hall–Kier alpha value is -3.24. The van der Waals surface area contributed by atoms with Gasteiger partial charge in [-0.05, 0) is 50.1 Å². The number of anilines is 2. The highest BCUT2D eigenvalue weighted by molar-refractivity contribution is 7.89. The fraction of sp³-hybridized carbons (Fsp3) is 0.318. The van der Waals surface area contributed by atoms with Crippen molar-refractivity contribution in [2.75, 3.05) is 23.4 Å². The molecule has 0 radical (unpaired) electrons. The molecule has 2 N–H and O–H groups in total. The molecule has 2 heterocycles. The molecule has 2 aliphatic heterocycles. The number of aromatic hydroxyl groups is 1. The Labute approximate surface area is 186 Å². The minimum Gasteiger partial charge on any atom is -0.506 e. The maximum atomic E-state index is 12.9. The van der Waals surface area contributed by atoms with Gasteiger partial charge >= 0.3 is 0 Å². The quantitative estimate of drug-likeness (QED) is 0.644. The number of amides is 1. The normalized spacial score (nSPS) is 19.1. The van der Waals surface area contributed by atoms with Crippen LogP contribution in [0.25, 0.3) is 0 Å². The number of phenols is 1. The number of sulfonamides is 1. The number of hydrogen-bond acceptors (Lipinski definition) is 7. The van der Waals surface area contributed by atoms with Gasteiger partial charge in [-0.2, -0.15) is 9.41 Å². The van der Waals surface area contributed by atoms with E-state index in [1.54, 1.807) is 12.1 Å². The summed E-state index contributed by atoms with van der Waals surface area (Å²) in [6.07, 6.45) is 1.70. The Morgan fingerprint density at radius 1 is 1.09 bits per heavy atom. The first-order chi connectivity index (χ1) is 15.3. The number of benzene rings is 2. The maximum Gasteiger partial charge on any atom is 0.272 e. The summed E-state index contributed by atoms with van der Waals surface area (Å²) in [5.41, 5.74) is 0.758. The van der Waals surface area contributed by atoms with Gasteiger partial charge in [-0.3, -0.25) is 14.6 Å². The average Bonchev–Trinajstić information content (AvgIpc) is 3.46. The predicted octanol–water partition coefficient (Wildman–Crippen LogP) is 2.34. The molecule has 32 heavy (non-hydrogen) atoms. The number of hydrazone groups is 1. The lowest BCUT2D eigenvalue weighted by Gasteiger charge is -2.20. The van der Waals surface area contributed by atoms with Crippen LogP contribution < -0.4 is 10.3 Å². The van der Waals surface area contributed by atoms with Crippen LogP contribution in [0, 0.1) is 0 Å². The van der Waals surface area contributed by atoms with Crippen molar-refractivity contribution in [2.45, 2.75) is 37.1 Å². The molecule has 1 fully saturated rings. The average molecular weight is 457 g/mol. The molecule has 10 heteroatoms. The number of ketones is 1. The zero-order valence-corrected chi connectivity index (χ0v) is 18.4. The van der Waals surface area contributed by atoms with Crippen molar-refractivity contribution < 1.29 is 23.1 Å². The minimum atomic E-state index is -3.71. The van der Waals surface area contributed by atoms with Crippen molar-refractivity contribution in [1.29, 1.82) is 0 Å². The zero-order chi connectivity index (χ0) is 22.9. The van der Waals surface area contributed by atoms with E-state index in [1.807, 2.05) is 18.2 Å². The minimum absolute atomic E-state index is 0.00612. The summed E-state index contributed by atoms with van der Waals surface area (Å²) in [5.74, 6) is -1.01. The molecule has 1 unspecified atom stereocenters. The largest absolute Gasteiger partial charge is 0.506 e. The van der Waals surface area contributed by atoms with Gasteiger partial charge in [0, 0.05) is 19.5 Å². The van der Waals surface area contributed by atoms with E-state index in [-0.39, 0.29) is 34.2 Å². The lowest BCUT2D eigenvalue weighted by molar-refractivity contribution is -0.118. The molecule has 0 aliphatic carbocycles. The van der Waals surface area contributed by atoms with Crippen LogP contribution in [-0.4, -0.2) is 54.4 Å². The van der Waals surface area contributed by atoms with Gasteiger partial charge in [-0.1, -0.05) is 18.2 Å². The Balaban J connectivity index is 1.58. The highest BCUT2D eigenvalue weighted by Gasteiger charge is 2.34. The molecule has 2 aromatic rings. The number of phenolic OH excluding ortho intramolecular Hbond substituents is 1. The molecule has 2 aliphatic rings. The molecule has 1 saturated heterocycles. The second-order valence-corrected chi connectivity index (χ2v) is 9.74. The highest BCUT2D eigenvalue weighted by atomic mass is 32.2. The van der Waals surface area contributed by atoms with Crippen molar-refractivity contribution >= 4 is 38.8 Å². The van der Waals surface area contributed by atoms with Gasteiger partial charge in [0.1, 0.15) is 17.5 Å². The summed E-state index contributed by atoms with van der Waals surface area (Å²) in [6.45, 7) is 2.34. The first kappa shape index (κ1) is 22.0. The predicted molar refractivity (Wildman–Crippen MR) is 120 cm³/mol. The first-order valence-corrected chi connectivity index (χ1v) is 11.8. The van der Waals surface area contributed by atoms with Gasteiger partial charge in [0.2, 0.25) is 10.0 Å². The van der Waals surface area contributed by atoms with E-state index < -0.39 is 22.0 Å². The molecule has 1 amide bonds. The third kappa shape index (κ3) is 4.23. The summed E-state index contributed by atoms with van der Waals surface area (Å²) in [6, 6.07) is 12.2. The highest BCUT2D eigenvalue weighted by Crippen LogP contribution is 2.30. The molecule has 0 spiro atoms. The number of carbonyl (C=O) groups excluding carboxylic acids is 2. The molecule has 0 saturated carbocycles. The molecule has 1 atom stereocenters. The molecular formula is C22H24N4O5S. The van der Waals surface area contributed by atoms with Crippen LogP contribution >= 0.6 is 0 Å². The van der Waals surface area contributed by atoms with E-state index in [9.17, 15) is 23.1 Å². The molecular weight excluding hydrogens is 432 g/mol. The number of rotatable bonds is 6. The first-order valence-electron chi connectivity index (χ1n) is 10.3. The Kier molecular flexibility index (Phi) is 5.98. The van der Waals surface area contributed by atoms with Crippen molar-refractivity contribution in [1.82, 2.24) is 4.31 Å². The van der Waals surface area contributed by atoms with Crippen LogP contribution in [0.2, 0.25) is 0 Å². The third-order valence-corrected chi connectivity index (χ3v) is 7.48. The smallest absolute Gasteiger partial charge is 0.272 e. The Bertz CT molecular complexity index is 1170. The van der Waals surface area contributed by atoms with Crippen molar-refractivity contribution in [3.63, 3.8) is 0 Å². The van der Waals surface area contributed by atoms with Crippen LogP contribution in [-0.2, 0) is 19.6 Å². The number of Topliss-reactive ketones (excluding diaryl/α,β-unsaturated/α-hetero) is 1. The van der Waals surface area contributed by atoms with Gasteiger partial charge in [0.15, 0.2) is 5.78 Å². The van der Waals surface area contributed by atoms with E-state index in [0.29, 0.717) is 18.8 Å². The lowest BCUT2D eigenvalue weighted by Crippen LogP contribution is -2.33. The summed E-state index contributed by atoms with van der Waals surface area (Å²) in [5, 5.41) is 18.6. The fourth-order valence-corrected chi connectivity index (χ4v) is 5.37. The van der Waals surface area contributed by atoms with Crippen LogP contribution in [0.5, 0.6) is 5.75 Å². The molecule has 2 aromatic carbocycles. The molecule has 9 nitrogen and oxygen atoms in total.